The first-order chi connectivity index (χ1) is 3.42. The van der Waals surface area contributed by atoms with E-state index >= 15 is 0 Å². The molecule has 0 aromatic rings. The average Bonchev–Trinajstić information content (AvgIpc) is 1.21. The van der Waals surface area contributed by atoms with Crippen molar-refractivity contribution in [1.29, 1.82) is 0 Å². The highest BCUT2D eigenvalue weighted by Gasteiger charge is 2.05. The summed E-state index contributed by atoms with van der Waals surface area (Å²) in [4.78, 5) is 9.33. The van der Waals surface area contributed by atoms with Crippen molar-refractivity contribution in [2.24, 2.45) is 5.14 Å². The van der Waals surface area contributed by atoms with Crippen LogP contribution < -0.4 is 9.86 Å². The van der Waals surface area contributed by atoms with Crippen molar-refractivity contribution in [3.8, 4) is 0 Å². The van der Waals surface area contributed by atoms with Crippen LogP contribution in [0.5, 0.6) is 0 Å². The van der Waals surface area contributed by atoms with Crippen LogP contribution in [0, 0.1) is 0 Å². The Hall–Kier alpha value is -0.820. The first-order valence-electron chi connectivity index (χ1n) is 1.43. The van der Waals surface area contributed by atoms with Gasteiger partial charge in [-0.15, -0.1) is 0 Å². The predicted molar refractivity (Wildman–Crippen MR) is 22.3 cm³/mol. The van der Waals surface area contributed by atoms with Crippen LogP contribution in [0.3, 0.4) is 0 Å². The van der Waals surface area contributed by atoms with E-state index < -0.39 is 16.3 Å². The minimum absolute atomic E-state index is 0.938. The number of carbonyl (C=O) groups is 1. The first-order valence-corrected chi connectivity index (χ1v) is 2.98. The van der Waals surface area contributed by atoms with Gasteiger partial charge in [-0.1, -0.05) is 0 Å². The van der Waals surface area contributed by atoms with Gasteiger partial charge in [0.15, 0.2) is 0 Å². The Morgan fingerprint density at radius 2 is 1.88 bits per heavy atom. The van der Waals surface area contributed by atoms with Gasteiger partial charge in [-0.2, -0.15) is 8.42 Å². The highest BCUT2D eigenvalue weighted by Crippen LogP contribution is 1.65. The molecule has 47 valence electrons. The van der Waals surface area contributed by atoms with Crippen LogP contribution in [0.15, 0.2) is 0 Å². The monoisotopic (exact) mass is 139 g/mol. The van der Waals surface area contributed by atoms with Gasteiger partial charge in [0, 0.05) is 0 Å². The van der Waals surface area contributed by atoms with Crippen LogP contribution in [0.2, 0.25) is 0 Å². The van der Waals surface area contributed by atoms with Gasteiger partial charge in [-0.3, -0.25) is 0 Å². The quantitative estimate of drug-likeness (QED) is 0.453. The first kappa shape index (κ1) is 7.18. The van der Waals surface area contributed by atoms with Crippen molar-refractivity contribution in [2.45, 2.75) is 0 Å². The molecule has 0 bridgehead atoms. The standard InChI is InChI=1S/CH3N2O4S/c2-8(6,7)3-1(4)5/h3H,(H2,2,6,7). The summed E-state index contributed by atoms with van der Waals surface area (Å²) in [6, 6.07) is 0. The molecule has 1 amide bonds. The zero-order valence-electron chi connectivity index (χ0n) is 3.62. The van der Waals surface area contributed by atoms with E-state index in [1.54, 1.807) is 0 Å². The maximum atomic E-state index is 9.69. The molecule has 0 saturated carbocycles. The Labute approximate surface area is 45.5 Å². The molecule has 0 saturated heterocycles. The molecular weight excluding hydrogens is 136 g/mol. The maximum absolute atomic E-state index is 9.69. The summed E-state index contributed by atoms with van der Waals surface area (Å²) in [5.74, 6) is 0. The summed E-state index contributed by atoms with van der Waals surface area (Å²) in [6.07, 6.45) is -1.94. The van der Waals surface area contributed by atoms with Crippen LogP contribution in [0.4, 0.5) is 4.79 Å². The predicted octanol–water partition coefficient (Wildman–Crippen LogP) is -1.67. The molecule has 0 heterocycles. The van der Waals surface area contributed by atoms with Crippen LogP contribution in [0.1, 0.15) is 0 Å². The number of nitrogens with one attached hydrogen (secondary N) is 1. The molecule has 0 aromatic heterocycles. The number of amides is 1. The van der Waals surface area contributed by atoms with Crippen molar-refractivity contribution in [1.82, 2.24) is 4.72 Å². The maximum Gasteiger partial charge on any atom is 0.464 e. The molecule has 1 radical (unpaired) electrons. The Kier molecular flexibility index (Phi) is 1.77. The third-order valence-electron chi connectivity index (χ3n) is 0.226. The highest BCUT2D eigenvalue weighted by atomic mass is 32.2. The molecule has 0 fully saturated rings. The molecule has 0 spiro atoms. The molecule has 3 N–H and O–H groups in total. The number of hydrogen-bond acceptors (Lipinski definition) is 3. The normalized spacial score (nSPS) is 10.6. The van der Waals surface area contributed by atoms with E-state index in [2.05, 4.69) is 5.14 Å². The molecular formula is CH3N2O4S. The second-order valence-electron chi connectivity index (χ2n) is 0.935. The number of carbonyl (C=O) groups excluding carboxylic acids is 1. The van der Waals surface area contributed by atoms with Gasteiger partial charge in [0.05, 0.1) is 0 Å². The van der Waals surface area contributed by atoms with E-state index in [0.29, 0.717) is 0 Å². The van der Waals surface area contributed by atoms with E-state index in [4.69, 9.17) is 0 Å². The molecule has 0 aliphatic rings. The lowest BCUT2D eigenvalue weighted by Crippen LogP contribution is -2.34. The van der Waals surface area contributed by atoms with E-state index in [-0.39, 0.29) is 0 Å². The highest BCUT2D eigenvalue weighted by molar-refractivity contribution is 7.87. The van der Waals surface area contributed by atoms with E-state index in [1.165, 1.54) is 0 Å². The van der Waals surface area contributed by atoms with Gasteiger partial charge in [0.25, 0.3) is 0 Å². The molecule has 7 heteroatoms. The second-order valence-corrected chi connectivity index (χ2v) is 2.23. The third-order valence-corrected chi connectivity index (χ3v) is 0.677. The molecule has 8 heavy (non-hydrogen) atoms. The minimum Gasteiger partial charge on any atom is -0.219 e. The lowest BCUT2D eigenvalue weighted by molar-refractivity contribution is 0.175. The largest absolute Gasteiger partial charge is 0.464 e. The van der Waals surface area contributed by atoms with Crippen molar-refractivity contribution < 1.29 is 18.3 Å². The fourth-order valence-electron chi connectivity index (χ4n) is 0.116. The molecule has 0 aliphatic carbocycles. The fourth-order valence-corrected chi connectivity index (χ4v) is 0.348. The minimum atomic E-state index is -4.14. The lowest BCUT2D eigenvalue weighted by Gasteiger charge is -1.89. The zero-order valence-corrected chi connectivity index (χ0v) is 4.44. The summed E-state index contributed by atoms with van der Waals surface area (Å²) in [6.45, 7) is 0. The van der Waals surface area contributed by atoms with Gasteiger partial charge >= 0.3 is 16.3 Å². The average molecular weight is 139 g/mol. The summed E-state index contributed by atoms with van der Waals surface area (Å²) in [5, 5.41) is 13.5. The summed E-state index contributed by atoms with van der Waals surface area (Å²) in [5.41, 5.74) is 0. The molecule has 0 unspecified atom stereocenters. The lowest BCUT2D eigenvalue weighted by atomic mass is 11.3. The molecule has 0 aromatic carbocycles. The Bertz CT molecular complexity index is 180. The van der Waals surface area contributed by atoms with Gasteiger partial charge < -0.3 is 0 Å². The third kappa shape index (κ3) is 5.18. The van der Waals surface area contributed by atoms with Gasteiger partial charge in [0.2, 0.25) is 0 Å². The van der Waals surface area contributed by atoms with E-state index in [1.807, 2.05) is 0 Å². The number of nitrogens with two attached hydrogens (primary N) is 1. The van der Waals surface area contributed by atoms with Crippen molar-refractivity contribution >= 4 is 16.3 Å². The number of hydrogen-bond donors (Lipinski definition) is 2. The SMILES string of the molecule is NS(=O)(=O)NC([O])=O. The van der Waals surface area contributed by atoms with Gasteiger partial charge in [-0.25, -0.2) is 19.8 Å². The van der Waals surface area contributed by atoms with Gasteiger partial charge in [0.1, 0.15) is 0 Å². The number of rotatable bonds is 1. The Morgan fingerprint density at radius 3 is 1.88 bits per heavy atom. The Morgan fingerprint density at radius 1 is 1.50 bits per heavy atom. The van der Waals surface area contributed by atoms with Crippen molar-refractivity contribution in [3.05, 3.63) is 0 Å². The topological polar surface area (TPSA) is 109 Å². The smallest absolute Gasteiger partial charge is 0.219 e. The van der Waals surface area contributed by atoms with Gasteiger partial charge in [-0.05, 0) is 0 Å². The molecule has 0 aliphatic heterocycles. The second kappa shape index (κ2) is 1.97. The van der Waals surface area contributed by atoms with Crippen LogP contribution in [-0.4, -0.2) is 14.5 Å². The zero-order chi connectivity index (χ0) is 6.78. The van der Waals surface area contributed by atoms with E-state index in [9.17, 15) is 18.3 Å². The van der Waals surface area contributed by atoms with Crippen LogP contribution in [0.25, 0.3) is 0 Å². The Balaban J connectivity index is 3.95. The summed E-state index contributed by atoms with van der Waals surface area (Å²) < 4.78 is 20.3. The molecule has 6 nitrogen and oxygen atoms in total. The summed E-state index contributed by atoms with van der Waals surface area (Å²) >= 11 is 0. The van der Waals surface area contributed by atoms with E-state index in [0.717, 1.165) is 4.72 Å². The van der Waals surface area contributed by atoms with Crippen LogP contribution in [-0.2, 0) is 15.3 Å². The van der Waals surface area contributed by atoms with Crippen molar-refractivity contribution in [2.75, 3.05) is 0 Å². The molecule has 0 atom stereocenters. The van der Waals surface area contributed by atoms with Crippen LogP contribution >= 0.6 is 0 Å². The van der Waals surface area contributed by atoms with Crippen molar-refractivity contribution in [3.63, 3.8) is 0 Å². The fraction of sp³-hybridized carbons (Fsp3) is 0. The molecule has 0 rings (SSSR count). The summed E-state index contributed by atoms with van der Waals surface area (Å²) in [7, 11) is -4.14.